The molecule has 0 heterocycles. The largest absolute Gasteiger partial charge is 0.504 e. The normalized spacial score (nSPS) is 11.3. The summed E-state index contributed by atoms with van der Waals surface area (Å²) in [6.45, 7) is 0. The topological polar surface area (TPSA) is 77.8 Å². The van der Waals surface area contributed by atoms with Crippen LogP contribution in [0.3, 0.4) is 0 Å². The Morgan fingerprint density at radius 2 is 1.79 bits per heavy atom. The molecule has 0 aliphatic heterocycles. The third-order valence-corrected chi connectivity index (χ3v) is 1.61. The molecule has 4 nitrogen and oxygen atoms in total. The van der Waals surface area contributed by atoms with E-state index in [1.165, 1.54) is 0 Å². The zero-order chi connectivity index (χ0) is 10.9. The van der Waals surface area contributed by atoms with Crippen LogP contribution >= 0.6 is 0 Å². The van der Waals surface area contributed by atoms with Gasteiger partial charge in [-0.15, -0.1) is 0 Å². The van der Waals surface area contributed by atoms with Crippen LogP contribution < -0.4 is 0 Å². The molecule has 0 bridgehead atoms. The first-order valence-corrected chi connectivity index (χ1v) is 3.49. The molecule has 76 valence electrons. The Morgan fingerprint density at radius 3 is 2.21 bits per heavy atom. The Bertz CT molecular complexity index is 376. The van der Waals surface area contributed by atoms with E-state index in [1.54, 1.807) is 0 Å². The zero-order valence-electron chi connectivity index (χ0n) is 6.74. The molecule has 0 amide bonds. The fourth-order valence-corrected chi connectivity index (χ4v) is 0.842. The molecule has 0 unspecified atom stereocenters. The van der Waals surface area contributed by atoms with Gasteiger partial charge in [0, 0.05) is 5.56 Å². The lowest BCUT2D eigenvalue weighted by Crippen LogP contribution is -2.25. The van der Waals surface area contributed by atoms with Crippen LogP contribution in [0, 0.1) is 0 Å². The number of halogens is 2. The van der Waals surface area contributed by atoms with Crippen molar-refractivity contribution in [3.05, 3.63) is 23.8 Å². The molecule has 0 aliphatic carbocycles. The van der Waals surface area contributed by atoms with E-state index >= 15 is 0 Å². The third-order valence-electron chi connectivity index (χ3n) is 1.61. The van der Waals surface area contributed by atoms with Gasteiger partial charge < -0.3 is 15.3 Å². The van der Waals surface area contributed by atoms with E-state index in [1.807, 2.05) is 0 Å². The molecule has 1 rings (SSSR count). The lowest BCUT2D eigenvalue weighted by molar-refractivity contribution is -0.166. The number of carbonyl (C=O) groups is 1. The number of benzene rings is 1. The summed E-state index contributed by atoms with van der Waals surface area (Å²) in [5.74, 6) is -7.77. The summed E-state index contributed by atoms with van der Waals surface area (Å²) in [4.78, 5) is 10.1. The number of hydrogen-bond donors (Lipinski definition) is 3. The van der Waals surface area contributed by atoms with Gasteiger partial charge in [-0.1, -0.05) is 0 Å². The zero-order valence-corrected chi connectivity index (χ0v) is 6.74. The molecular weight excluding hydrogens is 198 g/mol. The molecule has 1 aromatic carbocycles. The number of phenols is 2. The molecule has 0 saturated carbocycles. The smallest absolute Gasteiger partial charge is 0.379 e. The highest BCUT2D eigenvalue weighted by Crippen LogP contribution is 2.34. The maximum Gasteiger partial charge on any atom is 0.379 e. The Morgan fingerprint density at radius 1 is 1.21 bits per heavy atom. The fraction of sp³-hybridized carbons (Fsp3) is 0.125. The van der Waals surface area contributed by atoms with Crippen molar-refractivity contribution < 1.29 is 28.9 Å². The number of hydrogen-bond acceptors (Lipinski definition) is 3. The number of aromatic hydroxyl groups is 2. The van der Waals surface area contributed by atoms with Crippen molar-refractivity contribution in [1.29, 1.82) is 0 Å². The van der Waals surface area contributed by atoms with E-state index < -0.39 is 29.0 Å². The molecule has 0 aromatic heterocycles. The van der Waals surface area contributed by atoms with Gasteiger partial charge in [0.2, 0.25) is 0 Å². The van der Waals surface area contributed by atoms with Crippen LogP contribution in [0.5, 0.6) is 11.5 Å². The van der Waals surface area contributed by atoms with Gasteiger partial charge in [0.15, 0.2) is 11.5 Å². The average Bonchev–Trinajstić information content (AvgIpc) is 2.09. The van der Waals surface area contributed by atoms with Crippen molar-refractivity contribution in [1.82, 2.24) is 0 Å². The first-order valence-electron chi connectivity index (χ1n) is 3.49. The van der Waals surface area contributed by atoms with Gasteiger partial charge in [-0.05, 0) is 18.2 Å². The number of aliphatic carboxylic acids is 1. The van der Waals surface area contributed by atoms with E-state index in [4.69, 9.17) is 15.3 Å². The first kappa shape index (κ1) is 10.2. The maximum absolute atomic E-state index is 12.8. The summed E-state index contributed by atoms with van der Waals surface area (Å²) < 4.78 is 25.6. The number of carboxylic acid groups (broad SMARTS) is 1. The average molecular weight is 204 g/mol. The van der Waals surface area contributed by atoms with Gasteiger partial charge >= 0.3 is 11.9 Å². The lowest BCUT2D eigenvalue weighted by atomic mass is 10.1. The maximum atomic E-state index is 12.8. The highest BCUT2D eigenvalue weighted by Gasteiger charge is 2.41. The van der Waals surface area contributed by atoms with E-state index in [0.717, 1.165) is 12.1 Å². The van der Waals surface area contributed by atoms with E-state index in [-0.39, 0.29) is 0 Å². The third kappa shape index (κ3) is 1.59. The fourth-order valence-electron chi connectivity index (χ4n) is 0.842. The van der Waals surface area contributed by atoms with Gasteiger partial charge in [0.1, 0.15) is 0 Å². The summed E-state index contributed by atoms with van der Waals surface area (Å²) in [6, 6.07) is 2.02. The second kappa shape index (κ2) is 3.13. The van der Waals surface area contributed by atoms with Gasteiger partial charge in [0.25, 0.3) is 0 Å². The Hall–Kier alpha value is -1.85. The van der Waals surface area contributed by atoms with Crippen LogP contribution in [-0.4, -0.2) is 21.3 Å². The molecule has 0 aliphatic rings. The molecule has 14 heavy (non-hydrogen) atoms. The van der Waals surface area contributed by atoms with Crippen LogP contribution in [0.4, 0.5) is 8.78 Å². The Balaban J connectivity index is 3.21. The van der Waals surface area contributed by atoms with E-state index in [0.29, 0.717) is 6.07 Å². The van der Waals surface area contributed by atoms with Gasteiger partial charge in [-0.2, -0.15) is 8.78 Å². The predicted octanol–water partition coefficient (Wildman–Crippen LogP) is 1.27. The SMILES string of the molecule is O=C(O)C(F)(F)c1ccc(O)c(O)c1. The van der Waals surface area contributed by atoms with Crippen molar-refractivity contribution in [2.75, 3.05) is 0 Å². The summed E-state index contributed by atoms with van der Waals surface area (Å²) in [5.41, 5.74) is -0.889. The first-order chi connectivity index (χ1) is 6.35. The molecule has 0 atom stereocenters. The number of phenolic OH excluding ortho intramolecular Hbond substituents is 2. The molecule has 1 aromatic rings. The van der Waals surface area contributed by atoms with Crippen LogP contribution in [-0.2, 0) is 10.7 Å². The summed E-state index contributed by atoms with van der Waals surface area (Å²) in [5, 5.41) is 25.8. The van der Waals surface area contributed by atoms with Crippen molar-refractivity contribution in [3.8, 4) is 11.5 Å². The number of rotatable bonds is 2. The minimum Gasteiger partial charge on any atom is -0.504 e. The monoisotopic (exact) mass is 204 g/mol. The molecule has 0 fully saturated rings. The second-order valence-corrected chi connectivity index (χ2v) is 2.58. The van der Waals surface area contributed by atoms with Crippen LogP contribution in [0.15, 0.2) is 18.2 Å². The molecule has 6 heteroatoms. The lowest BCUT2D eigenvalue weighted by Gasteiger charge is -2.11. The van der Waals surface area contributed by atoms with E-state index in [9.17, 15) is 13.6 Å². The highest BCUT2D eigenvalue weighted by atomic mass is 19.3. The Labute approximate surface area is 77.0 Å². The highest BCUT2D eigenvalue weighted by molar-refractivity contribution is 5.77. The molecular formula is C8H6F2O4. The Kier molecular flexibility index (Phi) is 2.29. The van der Waals surface area contributed by atoms with Gasteiger partial charge in [-0.25, -0.2) is 4.79 Å². The molecule has 0 radical (unpaired) electrons. The van der Waals surface area contributed by atoms with Crippen LogP contribution in [0.1, 0.15) is 5.56 Å². The summed E-state index contributed by atoms with van der Waals surface area (Å²) >= 11 is 0. The van der Waals surface area contributed by atoms with Gasteiger partial charge in [0.05, 0.1) is 0 Å². The van der Waals surface area contributed by atoms with Gasteiger partial charge in [-0.3, -0.25) is 0 Å². The van der Waals surface area contributed by atoms with Crippen molar-refractivity contribution in [3.63, 3.8) is 0 Å². The van der Waals surface area contributed by atoms with Crippen LogP contribution in [0.2, 0.25) is 0 Å². The molecule has 3 N–H and O–H groups in total. The predicted molar refractivity (Wildman–Crippen MR) is 41.3 cm³/mol. The minimum absolute atomic E-state index is 0.503. The van der Waals surface area contributed by atoms with Crippen molar-refractivity contribution >= 4 is 5.97 Å². The standard InChI is InChI=1S/C8H6F2O4/c9-8(10,7(13)14)4-1-2-5(11)6(12)3-4/h1-3,11-12H,(H,13,14). The number of carboxylic acids is 1. The second-order valence-electron chi connectivity index (χ2n) is 2.58. The molecule has 0 spiro atoms. The summed E-state index contributed by atoms with van der Waals surface area (Å²) in [6.07, 6.45) is 0. The van der Waals surface area contributed by atoms with Crippen LogP contribution in [0.25, 0.3) is 0 Å². The summed E-state index contributed by atoms with van der Waals surface area (Å²) in [7, 11) is 0. The van der Waals surface area contributed by atoms with Crippen molar-refractivity contribution in [2.45, 2.75) is 5.92 Å². The quantitative estimate of drug-likeness (QED) is 0.634. The van der Waals surface area contributed by atoms with Crippen molar-refractivity contribution in [2.24, 2.45) is 0 Å². The van der Waals surface area contributed by atoms with E-state index in [2.05, 4.69) is 0 Å². The molecule has 0 saturated heterocycles. The number of alkyl halides is 2. The minimum atomic E-state index is -4.08.